The second-order valence-corrected chi connectivity index (χ2v) is 8.62. The Hall–Kier alpha value is -1.57. The molecule has 0 atom stereocenters. The van der Waals surface area contributed by atoms with E-state index in [-0.39, 0.29) is 10.9 Å². The van der Waals surface area contributed by atoms with Crippen LogP contribution >= 0.6 is 11.3 Å². The van der Waals surface area contributed by atoms with E-state index in [4.69, 9.17) is 9.47 Å². The van der Waals surface area contributed by atoms with Crippen LogP contribution in [0.3, 0.4) is 0 Å². The van der Waals surface area contributed by atoms with E-state index < -0.39 is 10.0 Å². The molecular formula is C17H21NO4S2. The highest BCUT2D eigenvalue weighted by atomic mass is 32.2. The molecule has 24 heavy (non-hydrogen) atoms. The summed E-state index contributed by atoms with van der Waals surface area (Å²) in [5.74, 6) is 0.945. The maximum absolute atomic E-state index is 13.1. The summed E-state index contributed by atoms with van der Waals surface area (Å²) in [6, 6.07) is 8.90. The van der Waals surface area contributed by atoms with Crippen molar-refractivity contribution in [3.05, 3.63) is 40.6 Å². The van der Waals surface area contributed by atoms with E-state index in [2.05, 4.69) is 0 Å². The van der Waals surface area contributed by atoms with E-state index in [9.17, 15) is 8.42 Å². The first kappa shape index (κ1) is 17.3. The molecule has 0 aliphatic heterocycles. The number of hydrogen-bond donors (Lipinski definition) is 0. The highest BCUT2D eigenvalue weighted by Gasteiger charge is 2.38. The van der Waals surface area contributed by atoms with E-state index in [1.54, 1.807) is 27.8 Å². The van der Waals surface area contributed by atoms with Crippen molar-refractivity contribution in [3.63, 3.8) is 0 Å². The lowest BCUT2D eigenvalue weighted by Crippen LogP contribution is -2.34. The molecule has 1 saturated carbocycles. The van der Waals surface area contributed by atoms with Gasteiger partial charge in [-0.1, -0.05) is 6.07 Å². The van der Waals surface area contributed by atoms with Crippen molar-refractivity contribution < 1.29 is 17.9 Å². The minimum Gasteiger partial charge on any atom is -0.493 e. The Morgan fingerprint density at radius 2 is 1.92 bits per heavy atom. The molecule has 7 heteroatoms. The first-order valence-corrected chi connectivity index (χ1v) is 10.1. The summed E-state index contributed by atoms with van der Waals surface area (Å²) in [7, 11) is -0.511. The maximum atomic E-state index is 13.1. The Morgan fingerprint density at radius 1 is 1.17 bits per heavy atom. The summed E-state index contributed by atoms with van der Waals surface area (Å²) < 4.78 is 38.2. The third kappa shape index (κ3) is 3.58. The molecule has 1 aromatic carbocycles. The molecule has 3 rings (SSSR count). The van der Waals surface area contributed by atoms with Crippen molar-refractivity contribution in [2.45, 2.75) is 30.2 Å². The van der Waals surface area contributed by atoms with E-state index >= 15 is 0 Å². The van der Waals surface area contributed by atoms with Crippen LogP contribution in [-0.4, -0.2) is 39.5 Å². The van der Waals surface area contributed by atoms with Crippen LogP contribution in [0.4, 0.5) is 0 Å². The number of benzene rings is 1. The van der Waals surface area contributed by atoms with Crippen molar-refractivity contribution in [2.24, 2.45) is 0 Å². The second kappa shape index (κ2) is 7.13. The second-order valence-electron chi connectivity index (χ2n) is 5.69. The van der Waals surface area contributed by atoms with Crippen LogP contribution in [0.5, 0.6) is 11.5 Å². The molecule has 5 nitrogen and oxygen atoms in total. The highest BCUT2D eigenvalue weighted by molar-refractivity contribution is 7.89. The summed E-state index contributed by atoms with van der Waals surface area (Å²) in [6.07, 6.45) is 2.59. The zero-order valence-electron chi connectivity index (χ0n) is 13.8. The average molecular weight is 367 g/mol. The molecule has 1 aliphatic rings. The number of sulfonamides is 1. The number of ether oxygens (including phenoxy) is 2. The molecule has 0 radical (unpaired) electrons. The lowest BCUT2D eigenvalue weighted by Gasteiger charge is -2.22. The quantitative estimate of drug-likeness (QED) is 0.719. The predicted octanol–water partition coefficient (Wildman–Crippen LogP) is 3.16. The van der Waals surface area contributed by atoms with Gasteiger partial charge in [-0.05, 0) is 42.8 Å². The van der Waals surface area contributed by atoms with Gasteiger partial charge in [0.1, 0.15) is 0 Å². The summed E-state index contributed by atoms with van der Waals surface area (Å²) in [6.45, 7) is 0.502. The van der Waals surface area contributed by atoms with Crippen molar-refractivity contribution in [3.8, 4) is 11.5 Å². The zero-order valence-corrected chi connectivity index (χ0v) is 15.4. The molecule has 0 unspecified atom stereocenters. The van der Waals surface area contributed by atoms with E-state index in [1.807, 2.05) is 17.5 Å². The van der Waals surface area contributed by atoms with Crippen LogP contribution in [0.25, 0.3) is 0 Å². The maximum Gasteiger partial charge on any atom is 0.243 e. The van der Waals surface area contributed by atoms with Gasteiger partial charge in [0.2, 0.25) is 10.0 Å². The van der Waals surface area contributed by atoms with Crippen molar-refractivity contribution in [1.82, 2.24) is 4.31 Å². The van der Waals surface area contributed by atoms with Gasteiger partial charge in [-0.15, -0.1) is 11.3 Å². The molecule has 1 aromatic heterocycles. The fourth-order valence-corrected chi connectivity index (χ4v) is 5.05. The number of hydrogen-bond acceptors (Lipinski definition) is 5. The van der Waals surface area contributed by atoms with Gasteiger partial charge >= 0.3 is 0 Å². The zero-order chi connectivity index (χ0) is 17.2. The molecule has 130 valence electrons. The SMILES string of the molecule is COc1ccc(S(=O)(=O)N(CCc2cccs2)C2CC2)cc1OC. The Kier molecular flexibility index (Phi) is 5.12. The highest BCUT2D eigenvalue weighted by Crippen LogP contribution is 2.35. The molecule has 2 aromatic rings. The smallest absolute Gasteiger partial charge is 0.243 e. The normalized spacial score (nSPS) is 14.8. The third-order valence-electron chi connectivity index (χ3n) is 4.07. The van der Waals surface area contributed by atoms with Gasteiger partial charge in [-0.25, -0.2) is 8.42 Å². The van der Waals surface area contributed by atoms with Crippen molar-refractivity contribution in [2.75, 3.05) is 20.8 Å². The summed E-state index contributed by atoms with van der Waals surface area (Å²) in [4.78, 5) is 1.45. The lowest BCUT2D eigenvalue weighted by molar-refractivity contribution is 0.353. The third-order valence-corrected chi connectivity index (χ3v) is 6.96. The fourth-order valence-electron chi connectivity index (χ4n) is 2.65. The lowest BCUT2D eigenvalue weighted by atomic mass is 10.3. The molecule has 0 bridgehead atoms. The summed E-state index contributed by atoms with van der Waals surface area (Å²) in [5.41, 5.74) is 0. The Bertz CT molecular complexity index is 783. The first-order valence-electron chi connectivity index (χ1n) is 7.82. The van der Waals surface area contributed by atoms with Crippen LogP contribution in [-0.2, 0) is 16.4 Å². The number of rotatable bonds is 8. The van der Waals surface area contributed by atoms with Gasteiger partial charge in [-0.2, -0.15) is 4.31 Å². The monoisotopic (exact) mass is 367 g/mol. The molecule has 1 aliphatic carbocycles. The molecule has 1 fully saturated rings. The molecular weight excluding hydrogens is 346 g/mol. The Balaban J connectivity index is 1.85. The first-order chi connectivity index (χ1) is 11.6. The molecule has 1 heterocycles. The number of methoxy groups -OCH3 is 2. The standard InChI is InChI=1S/C17H21NO4S2/c1-21-16-8-7-15(12-17(16)22-2)24(19,20)18(13-5-6-13)10-9-14-4-3-11-23-14/h3-4,7-8,11-13H,5-6,9-10H2,1-2H3. The van der Waals surface area contributed by atoms with E-state index in [0.29, 0.717) is 18.0 Å². The van der Waals surface area contributed by atoms with Crippen LogP contribution in [0.15, 0.2) is 40.6 Å². The van der Waals surface area contributed by atoms with Crippen LogP contribution in [0.2, 0.25) is 0 Å². The molecule has 0 N–H and O–H groups in total. The van der Waals surface area contributed by atoms with Gasteiger partial charge in [0, 0.05) is 23.5 Å². The average Bonchev–Trinajstić information content (AvgIpc) is 3.28. The predicted molar refractivity (Wildman–Crippen MR) is 94.5 cm³/mol. The van der Waals surface area contributed by atoms with Crippen LogP contribution < -0.4 is 9.47 Å². The summed E-state index contributed by atoms with van der Waals surface area (Å²) >= 11 is 1.66. The van der Waals surface area contributed by atoms with Gasteiger partial charge in [0.25, 0.3) is 0 Å². The van der Waals surface area contributed by atoms with Crippen molar-refractivity contribution in [1.29, 1.82) is 0 Å². The Morgan fingerprint density at radius 3 is 2.50 bits per heavy atom. The van der Waals surface area contributed by atoms with Crippen LogP contribution in [0, 0.1) is 0 Å². The molecule has 0 amide bonds. The fraction of sp³-hybridized carbons (Fsp3) is 0.412. The van der Waals surface area contributed by atoms with Gasteiger partial charge in [0.05, 0.1) is 19.1 Å². The summed E-state index contributed by atoms with van der Waals surface area (Å²) in [5, 5.41) is 2.01. The van der Waals surface area contributed by atoms with E-state index in [1.165, 1.54) is 25.2 Å². The minimum atomic E-state index is -3.55. The van der Waals surface area contributed by atoms with Crippen molar-refractivity contribution >= 4 is 21.4 Å². The van der Waals surface area contributed by atoms with E-state index in [0.717, 1.165) is 19.3 Å². The molecule has 0 saturated heterocycles. The minimum absolute atomic E-state index is 0.114. The topological polar surface area (TPSA) is 55.8 Å². The Labute approximate surface area is 146 Å². The van der Waals surface area contributed by atoms with Gasteiger partial charge < -0.3 is 9.47 Å². The largest absolute Gasteiger partial charge is 0.493 e. The van der Waals surface area contributed by atoms with Crippen LogP contribution in [0.1, 0.15) is 17.7 Å². The van der Waals surface area contributed by atoms with Gasteiger partial charge in [-0.3, -0.25) is 0 Å². The number of nitrogens with zero attached hydrogens (tertiary/aromatic N) is 1. The van der Waals surface area contributed by atoms with Gasteiger partial charge in [0.15, 0.2) is 11.5 Å². The molecule has 0 spiro atoms. The number of thiophene rings is 1.